The van der Waals surface area contributed by atoms with Crippen molar-refractivity contribution in [1.82, 2.24) is 4.90 Å². The first-order chi connectivity index (χ1) is 12.6. The highest BCUT2D eigenvalue weighted by Crippen LogP contribution is 2.40. The number of fused-ring (bicyclic) bond motifs is 1. The quantitative estimate of drug-likeness (QED) is 0.612. The molecule has 0 bridgehead atoms. The van der Waals surface area contributed by atoms with Crippen LogP contribution >= 0.6 is 22.7 Å². The second-order valence-corrected chi connectivity index (χ2v) is 7.82. The number of halogens is 2. The summed E-state index contributed by atoms with van der Waals surface area (Å²) in [6.07, 6.45) is 0.762. The molecule has 3 heterocycles. The predicted octanol–water partition coefficient (Wildman–Crippen LogP) is 5.20. The minimum Gasteiger partial charge on any atom is -0.434 e. The van der Waals surface area contributed by atoms with Crippen LogP contribution in [0.2, 0.25) is 0 Å². The lowest BCUT2D eigenvalue weighted by molar-refractivity contribution is -0.0503. The van der Waals surface area contributed by atoms with Gasteiger partial charge in [0, 0.05) is 16.3 Å². The minimum atomic E-state index is -2.97. The van der Waals surface area contributed by atoms with E-state index in [2.05, 4.69) is 4.74 Å². The molecule has 0 fully saturated rings. The number of carbonyl (C=O) groups excluding carboxylic acids is 1. The molecule has 134 valence electrons. The molecule has 0 radical (unpaired) electrons. The zero-order chi connectivity index (χ0) is 18.1. The normalized spacial score (nSPS) is 16.6. The Kier molecular flexibility index (Phi) is 4.74. The number of para-hydroxylation sites is 1. The molecule has 0 saturated carbocycles. The Balaban J connectivity index is 1.74. The van der Waals surface area contributed by atoms with Crippen molar-refractivity contribution in [3.63, 3.8) is 0 Å². The van der Waals surface area contributed by atoms with Crippen LogP contribution in [0.15, 0.2) is 53.2 Å². The van der Waals surface area contributed by atoms with Gasteiger partial charge >= 0.3 is 6.61 Å². The number of alkyl halides is 2. The van der Waals surface area contributed by atoms with Gasteiger partial charge in [-0.2, -0.15) is 8.78 Å². The third-order valence-corrected chi connectivity index (χ3v) is 6.29. The third kappa shape index (κ3) is 3.12. The molecule has 1 unspecified atom stereocenters. The first kappa shape index (κ1) is 17.2. The molecule has 1 aliphatic heterocycles. The lowest BCUT2D eigenvalue weighted by atomic mass is 9.97. The van der Waals surface area contributed by atoms with Crippen molar-refractivity contribution in [2.45, 2.75) is 19.1 Å². The monoisotopic (exact) mass is 391 g/mol. The van der Waals surface area contributed by atoms with Crippen LogP contribution in [0.25, 0.3) is 0 Å². The molecule has 26 heavy (non-hydrogen) atoms. The van der Waals surface area contributed by atoms with Crippen molar-refractivity contribution in [3.05, 3.63) is 74.1 Å². The van der Waals surface area contributed by atoms with Crippen molar-refractivity contribution in [2.24, 2.45) is 0 Å². The van der Waals surface area contributed by atoms with E-state index in [1.807, 2.05) is 29.0 Å². The number of benzene rings is 1. The maximum Gasteiger partial charge on any atom is 0.387 e. The molecule has 0 aliphatic carbocycles. The molecule has 1 atom stereocenters. The summed E-state index contributed by atoms with van der Waals surface area (Å²) in [6, 6.07) is 12.0. The van der Waals surface area contributed by atoms with Crippen LogP contribution in [-0.4, -0.2) is 24.0 Å². The van der Waals surface area contributed by atoms with Crippen molar-refractivity contribution in [2.75, 3.05) is 6.54 Å². The largest absolute Gasteiger partial charge is 0.434 e. The topological polar surface area (TPSA) is 29.5 Å². The molecule has 3 nitrogen and oxygen atoms in total. The van der Waals surface area contributed by atoms with Crippen LogP contribution in [0.4, 0.5) is 8.78 Å². The Labute approximate surface area is 157 Å². The molecule has 3 aromatic rings. The van der Waals surface area contributed by atoms with Crippen molar-refractivity contribution < 1.29 is 18.3 Å². The Morgan fingerprint density at radius 2 is 1.96 bits per heavy atom. The van der Waals surface area contributed by atoms with E-state index in [9.17, 15) is 13.6 Å². The Bertz CT molecular complexity index is 908. The van der Waals surface area contributed by atoms with Crippen LogP contribution in [0.1, 0.15) is 31.7 Å². The molecule has 7 heteroatoms. The highest BCUT2D eigenvalue weighted by molar-refractivity contribution is 7.10. The van der Waals surface area contributed by atoms with Gasteiger partial charge in [0.2, 0.25) is 0 Å². The van der Waals surface area contributed by atoms with Gasteiger partial charge in [0.15, 0.2) is 0 Å². The summed E-state index contributed by atoms with van der Waals surface area (Å²) < 4.78 is 30.0. The summed E-state index contributed by atoms with van der Waals surface area (Å²) in [5.41, 5.74) is 1.28. The number of nitrogens with zero attached hydrogens (tertiary/aromatic N) is 1. The fourth-order valence-electron chi connectivity index (χ4n) is 3.29. The molecular formula is C19H15F2NO2S2. The molecule has 1 aliphatic rings. The number of thiophene rings is 2. The molecule has 0 N–H and O–H groups in total. The zero-order valence-corrected chi connectivity index (χ0v) is 15.2. The van der Waals surface area contributed by atoms with Crippen molar-refractivity contribution in [1.29, 1.82) is 0 Å². The summed E-state index contributed by atoms with van der Waals surface area (Å²) in [5, 5.41) is 4.01. The molecule has 1 amide bonds. The highest BCUT2D eigenvalue weighted by Gasteiger charge is 2.35. The summed E-state index contributed by atoms with van der Waals surface area (Å²) in [7, 11) is 0. The predicted molar refractivity (Wildman–Crippen MR) is 98.3 cm³/mol. The minimum absolute atomic E-state index is 0.0893. The van der Waals surface area contributed by atoms with E-state index in [0.717, 1.165) is 16.9 Å². The molecule has 0 spiro atoms. The van der Waals surface area contributed by atoms with E-state index in [0.29, 0.717) is 6.54 Å². The van der Waals surface area contributed by atoms with Crippen molar-refractivity contribution >= 4 is 28.6 Å². The van der Waals surface area contributed by atoms with Gasteiger partial charge in [-0.3, -0.25) is 4.79 Å². The first-order valence-electron chi connectivity index (χ1n) is 8.09. The maximum atomic E-state index is 13.2. The van der Waals surface area contributed by atoms with E-state index >= 15 is 0 Å². The fraction of sp³-hybridized carbons (Fsp3) is 0.211. The van der Waals surface area contributed by atoms with Crippen LogP contribution in [0.3, 0.4) is 0 Å². The van der Waals surface area contributed by atoms with Crippen LogP contribution in [-0.2, 0) is 6.42 Å². The lowest BCUT2D eigenvalue weighted by Crippen LogP contribution is -2.40. The smallest absolute Gasteiger partial charge is 0.387 e. The van der Waals surface area contributed by atoms with E-state index in [1.54, 1.807) is 39.7 Å². The van der Waals surface area contributed by atoms with Gasteiger partial charge in [-0.25, -0.2) is 0 Å². The molecule has 2 aromatic heterocycles. The lowest BCUT2D eigenvalue weighted by Gasteiger charge is -2.35. The van der Waals surface area contributed by atoms with Gasteiger partial charge in [-0.15, -0.1) is 22.7 Å². The number of amides is 1. The standard InChI is InChI=1S/C19H15F2NO2S2/c20-19(21)24-14-5-2-1-4-12(14)18(23)22-9-7-15-13(8-11-26-15)17(22)16-6-3-10-25-16/h1-6,8,10-11,17,19H,7,9H2. The van der Waals surface area contributed by atoms with Gasteiger partial charge in [0.1, 0.15) is 5.75 Å². The molecule has 1 aromatic carbocycles. The summed E-state index contributed by atoms with van der Waals surface area (Å²) >= 11 is 3.28. The summed E-state index contributed by atoms with van der Waals surface area (Å²) in [5.74, 6) is -0.384. The zero-order valence-electron chi connectivity index (χ0n) is 13.6. The van der Waals surface area contributed by atoms with Crippen molar-refractivity contribution in [3.8, 4) is 5.75 Å². The average molecular weight is 391 g/mol. The Morgan fingerprint density at radius 1 is 1.12 bits per heavy atom. The second-order valence-electron chi connectivity index (χ2n) is 5.84. The first-order valence-corrected chi connectivity index (χ1v) is 9.85. The van der Waals surface area contributed by atoms with Gasteiger partial charge in [-0.1, -0.05) is 18.2 Å². The average Bonchev–Trinajstić information content (AvgIpc) is 3.32. The van der Waals surface area contributed by atoms with E-state index in [-0.39, 0.29) is 23.3 Å². The highest BCUT2D eigenvalue weighted by atomic mass is 32.1. The number of ether oxygens (including phenoxy) is 1. The molecule has 4 rings (SSSR count). The summed E-state index contributed by atoms with van der Waals surface area (Å²) in [6.45, 7) is -2.43. The van der Waals surface area contributed by atoms with E-state index in [4.69, 9.17) is 0 Å². The third-order valence-electron chi connectivity index (χ3n) is 4.37. The Hall–Kier alpha value is -2.25. The molecular weight excluding hydrogens is 376 g/mol. The second kappa shape index (κ2) is 7.17. The summed E-state index contributed by atoms with van der Waals surface area (Å²) in [4.78, 5) is 17.3. The SMILES string of the molecule is O=C(c1ccccc1OC(F)F)N1CCc2sccc2C1c1cccs1. The van der Waals surface area contributed by atoms with Gasteiger partial charge in [-0.05, 0) is 47.0 Å². The molecule has 0 saturated heterocycles. The Morgan fingerprint density at radius 3 is 2.73 bits per heavy atom. The number of hydrogen-bond donors (Lipinski definition) is 0. The van der Waals surface area contributed by atoms with E-state index < -0.39 is 6.61 Å². The maximum absolute atomic E-state index is 13.2. The van der Waals surface area contributed by atoms with E-state index in [1.165, 1.54) is 17.0 Å². The van der Waals surface area contributed by atoms with Crippen LogP contribution in [0.5, 0.6) is 5.75 Å². The van der Waals surface area contributed by atoms with Gasteiger partial charge in [0.25, 0.3) is 5.91 Å². The van der Waals surface area contributed by atoms with Gasteiger partial charge < -0.3 is 9.64 Å². The van der Waals surface area contributed by atoms with Crippen LogP contribution in [0, 0.1) is 0 Å². The van der Waals surface area contributed by atoms with Crippen LogP contribution < -0.4 is 4.74 Å². The number of carbonyl (C=O) groups is 1. The van der Waals surface area contributed by atoms with Gasteiger partial charge in [0.05, 0.1) is 11.6 Å². The fourth-order valence-corrected chi connectivity index (χ4v) is 5.04. The number of rotatable bonds is 4. The number of hydrogen-bond acceptors (Lipinski definition) is 4.